The summed E-state index contributed by atoms with van der Waals surface area (Å²) < 4.78 is 5.94. The highest BCUT2D eigenvalue weighted by Crippen LogP contribution is 2.34. The van der Waals surface area contributed by atoms with E-state index in [1.807, 2.05) is 18.2 Å². The van der Waals surface area contributed by atoms with Crippen molar-refractivity contribution in [1.29, 1.82) is 0 Å². The number of para-hydroxylation sites is 1. The monoisotopic (exact) mass is 532 g/mol. The number of aromatic carboxylic acids is 1. The smallest absolute Gasteiger partial charge is 0.339 e. The molecule has 188 valence electrons. The Morgan fingerprint density at radius 3 is 2.24 bits per heavy atom. The molecule has 0 aliphatic carbocycles. The van der Waals surface area contributed by atoms with Gasteiger partial charge in [-0.15, -0.1) is 0 Å². The van der Waals surface area contributed by atoms with E-state index in [2.05, 4.69) is 46.2 Å². The van der Waals surface area contributed by atoms with Crippen LogP contribution >= 0.6 is 23.2 Å². The Morgan fingerprint density at radius 2 is 1.51 bits per heavy atom. The minimum absolute atomic E-state index is 0.0983. The van der Waals surface area contributed by atoms with Gasteiger partial charge in [0.05, 0.1) is 5.02 Å². The van der Waals surface area contributed by atoms with Gasteiger partial charge in [0.1, 0.15) is 17.1 Å². The highest BCUT2D eigenvalue weighted by molar-refractivity contribution is 6.32. The van der Waals surface area contributed by atoms with Gasteiger partial charge in [-0.3, -0.25) is 4.90 Å². The first-order valence-electron chi connectivity index (χ1n) is 12.1. The summed E-state index contributed by atoms with van der Waals surface area (Å²) in [6.45, 7) is 4.26. The van der Waals surface area contributed by atoms with Crippen LogP contribution in [-0.4, -0.2) is 42.2 Å². The van der Waals surface area contributed by atoms with Gasteiger partial charge in [-0.25, -0.2) is 4.79 Å². The van der Waals surface area contributed by atoms with Gasteiger partial charge >= 0.3 is 5.97 Å². The molecule has 0 radical (unpaired) electrons. The Hall–Kier alpha value is -3.51. The molecule has 1 N–H and O–H groups in total. The van der Waals surface area contributed by atoms with Gasteiger partial charge in [0.2, 0.25) is 0 Å². The van der Waals surface area contributed by atoms with Gasteiger partial charge in [0, 0.05) is 49.5 Å². The summed E-state index contributed by atoms with van der Waals surface area (Å²) in [5.74, 6) is -0.344. The molecule has 0 amide bonds. The third-order valence-corrected chi connectivity index (χ3v) is 7.12. The zero-order valence-electron chi connectivity index (χ0n) is 20.1. The molecule has 0 unspecified atom stereocenters. The summed E-state index contributed by atoms with van der Waals surface area (Å²) in [6.07, 6.45) is 0. The lowest BCUT2D eigenvalue weighted by atomic mass is 9.99. The lowest BCUT2D eigenvalue weighted by molar-refractivity contribution is 0.0694. The number of hydrogen-bond donors (Lipinski definition) is 1. The molecule has 1 aliphatic rings. The van der Waals surface area contributed by atoms with Gasteiger partial charge in [-0.1, -0.05) is 71.7 Å². The second-order valence-electron chi connectivity index (χ2n) is 8.95. The van der Waals surface area contributed by atoms with E-state index >= 15 is 0 Å². The fourth-order valence-electron chi connectivity index (χ4n) is 4.59. The van der Waals surface area contributed by atoms with Crippen LogP contribution in [0.5, 0.6) is 11.5 Å². The van der Waals surface area contributed by atoms with Crippen molar-refractivity contribution in [3.63, 3.8) is 0 Å². The van der Waals surface area contributed by atoms with Crippen LogP contribution < -0.4 is 9.64 Å². The zero-order valence-corrected chi connectivity index (χ0v) is 21.6. The molecule has 0 atom stereocenters. The maximum Gasteiger partial charge on any atom is 0.339 e. The summed E-state index contributed by atoms with van der Waals surface area (Å²) in [7, 11) is 0. The topological polar surface area (TPSA) is 53.0 Å². The van der Waals surface area contributed by atoms with E-state index in [1.165, 1.54) is 11.1 Å². The van der Waals surface area contributed by atoms with Gasteiger partial charge in [0.15, 0.2) is 0 Å². The fourth-order valence-corrected chi connectivity index (χ4v) is 4.89. The predicted molar refractivity (Wildman–Crippen MR) is 149 cm³/mol. The lowest BCUT2D eigenvalue weighted by Crippen LogP contribution is -2.46. The van der Waals surface area contributed by atoms with Crippen molar-refractivity contribution in [2.24, 2.45) is 0 Å². The second kappa shape index (κ2) is 11.3. The average molecular weight is 533 g/mol. The van der Waals surface area contributed by atoms with Crippen LogP contribution in [0.15, 0.2) is 91.0 Å². The molecule has 1 fully saturated rings. The first kappa shape index (κ1) is 25.2. The Labute approximate surface area is 226 Å². The molecule has 1 aliphatic heterocycles. The predicted octanol–water partition coefficient (Wildman–Crippen LogP) is 7.47. The van der Waals surface area contributed by atoms with Crippen molar-refractivity contribution in [1.82, 2.24) is 4.90 Å². The van der Waals surface area contributed by atoms with Gasteiger partial charge in [-0.2, -0.15) is 0 Å². The Balaban J connectivity index is 1.29. The molecule has 5 nitrogen and oxygen atoms in total. The van der Waals surface area contributed by atoms with Crippen LogP contribution in [0, 0.1) is 0 Å². The summed E-state index contributed by atoms with van der Waals surface area (Å²) in [6, 6.07) is 28.7. The third kappa shape index (κ3) is 5.91. The molecule has 0 spiro atoms. The second-order valence-corrected chi connectivity index (χ2v) is 9.79. The number of benzene rings is 4. The van der Waals surface area contributed by atoms with Crippen molar-refractivity contribution >= 4 is 34.9 Å². The highest BCUT2D eigenvalue weighted by atomic mass is 35.5. The number of rotatable bonds is 7. The molecule has 0 bridgehead atoms. The number of nitrogens with zero attached hydrogens (tertiary/aromatic N) is 2. The van der Waals surface area contributed by atoms with Crippen LogP contribution in [0.1, 0.15) is 15.9 Å². The van der Waals surface area contributed by atoms with Crippen molar-refractivity contribution in [3.8, 4) is 22.6 Å². The number of carboxylic acid groups (broad SMARTS) is 1. The standard InChI is InChI=1S/C30H26Cl2N2O3/c31-23-11-9-21(10-12-23)25-6-2-1-5-22(25)20-33-15-17-34(18-16-33)24-13-14-26(30(35)36)29(19-24)37-28-8-4-3-7-27(28)32/h1-14,19H,15-18,20H2,(H,35,36). The molecule has 0 saturated carbocycles. The molecular weight excluding hydrogens is 507 g/mol. The van der Waals surface area contributed by atoms with Gasteiger partial charge in [0.25, 0.3) is 0 Å². The molecular formula is C30H26Cl2N2O3. The van der Waals surface area contributed by atoms with Crippen molar-refractivity contribution in [2.75, 3.05) is 31.1 Å². The van der Waals surface area contributed by atoms with Crippen molar-refractivity contribution in [3.05, 3.63) is 112 Å². The maximum absolute atomic E-state index is 11.8. The lowest BCUT2D eigenvalue weighted by Gasteiger charge is -2.36. The van der Waals surface area contributed by atoms with Crippen LogP contribution in [0.4, 0.5) is 5.69 Å². The van der Waals surface area contributed by atoms with E-state index in [0.717, 1.165) is 49.0 Å². The molecule has 1 saturated heterocycles. The number of ether oxygens (including phenoxy) is 1. The molecule has 1 heterocycles. The maximum atomic E-state index is 11.8. The quantitative estimate of drug-likeness (QED) is 0.267. The van der Waals surface area contributed by atoms with Gasteiger partial charge < -0.3 is 14.7 Å². The fraction of sp³-hybridized carbons (Fsp3) is 0.167. The first-order valence-corrected chi connectivity index (χ1v) is 12.8. The Morgan fingerprint density at radius 1 is 0.811 bits per heavy atom. The van der Waals surface area contributed by atoms with Crippen LogP contribution in [-0.2, 0) is 6.54 Å². The zero-order chi connectivity index (χ0) is 25.8. The van der Waals surface area contributed by atoms with E-state index < -0.39 is 5.97 Å². The van der Waals surface area contributed by atoms with E-state index in [1.54, 1.807) is 36.4 Å². The van der Waals surface area contributed by atoms with E-state index in [0.29, 0.717) is 10.8 Å². The highest BCUT2D eigenvalue weighted by Gasteiger charge is 2.21. The number of hydrogen-bond acceptors (Lipinski definition) is 4. The van der Waals surface area contributed by atoms with E-state index in [9.17, 15) is 9.90 Å². The third-order valence-electron chi connectivity index (χ3n) is 6.56. The van der Waals surface area contributed by atoms with Crippen LogP contribution in [0.2, 0.25) is 10.0 Å². The molecule has 5 rings (SSSR count). The SMILES string of the molecule is O=C(O)c1ccc(N2CCN(Cc3ccccc3-c3ccc(Cl)cc3)CC2)cc1Oc1ccccc1Cl. The number of piperazine rings is 1. The Bertz CT molecular complexity index is 1400. The van der Waals surface area contributed by atoms with Crippen molar-refractivity contribution < 1.29 is 14.6 Å². The van der Waals surface area contributed by atoms with Crippen LogP contribution in [0.25, 0.3) is 11.1 Å². The summed E-state index contributed by atoms with van der Waals surface area (Å²) in [5, 5.41) is 10.8. The van der Waals surface area contributed by atoms with Gasteiger partial charge in [-0.05, 0) is 53.1 Å². The summed E-state index contributed by atoms with van der Waals surface area (Å²) in [4.78, 5) is 16.5. The number of carboxylic acids is 1. The molecule has 4 aromatic rings. The largest absolute Gasteiger partial charge is 0.478 e. The number of anilines is 1. The number of halogens is 2. The van der Waals surface area contributed by atoms with Crippen LogP contribution in [0.3, 0.4) is 0 Å². The summed E-state index contributed by atoms with van der Waals surface area (Å²) in [5.41, 5.74) is 4.67. The summed E-state index contributed by atoms with van der Waals surface area (Å²) >= 11 is 12.3. The van der Waals surface area contributed by atoms with E-state index in [-0.39, 0.29) is 11.3 Å². The molecule has 37 heavy (non-hydrogen) atoms. The van der Waals surface area contributed by atoms with E-state index in [4.69, 9.17) is 27.9 Å². The molecule has 0 aromatic heterocycles. The average Bonchev–Trinajstić information content (AvgIpc) is 2.91. The molecule has 7 heteroatoms. The number of carbonyl (C=O) groups is 1. The first-order chi connectivity index (χ1) is 18.0. The minimum Gasteiger partial charge on any atom is -0.478 e. The molecule has 4 aromatic carbocycles. The normalized spacial score (nSPS) is 13.9. The Kier molecular flexibility index (Phi) is 7.65. The minimum atomic E-state index is -1.04. The van der Waals surface area contributed by atoms with Crippen molar-refractivity contribution in [2.45, 2.75) is 6.54 Å².